The minimum Gasteiger partial charge on any atom is -0.384 e. The third-order valence-electron chi connectivity index (χ3n) is 3.18. The summed E-state index contributed by atoms with van der Waals surface area (Å²) in [5.74, 6) is -0.594. The molecule has 0 saturated heterocycles. The standard InChI is InChI=1S/C15H17FN2O2S/c1-15(20,12-4-5-21-9-12)10-18-14(19)3-2-11-6-13(16)8-17-7-11/h4-9,20H,2-3,10H2,1H3,(H,18,19). The van der Waals surface area contributed by atoms with Crippen molar-refractivity contribution in [1.29, 1.82) is 0 Å². The fourth-order valence-corrected chi connectivity index (χ4v) is 2.67. The fourth-order valence-electron chi connectivity index (χ4n) is 1.88. The Morgan fingerprint density at radius 3 is 3.00 bits per heavy atom. The lowest BCUT2D eigenvalue weighted by molar-refractivity contribution is -0.122. The summed E-state index contributed by atoms with van der Waals surface area (Å²) in [6, 6.07) is 3.19. The van der Waals surface area contributed by atoms with Gasteiger partial charge in [-0.1, -0.05) is 0 Å². The van der Waals surface area contributed by atoms with Crippen LogP contribution in [0.15, 0.2) is 35.3 Å². The molecule has 0 aromatic carbocycles. The number of carbonyl (C=O) groups is 1. The molecular formula is C15H17FN2O2S. The van der Waals surface area contributed by atoms with Crippen molar-refractivity contribution in [2.24, 2.45) is 0 Å². The smallest absolute Gasteiger partial charge is 0.220 e. The maximum Gasteiger partial charge on any atom is 0.220 e. The normalized spacial score (nSPS) is 13.7. The van der Waals surface area contributed by atoms with Gasteiger partial charge >= 0.3 is 0 Å². The maximum atomic E-state index is 13.0. The molecule has 2 N–H and O–H groups in total. The Morgan fingerprint density at radius 1 is 1.52 bits per heavy atom. The third-order valence-corrected chi connectivity index (χ3v) is 3.86. The van der Waals surface area contributed by atoms with Crippen molar-refractivity contribution in [2.75, 3.05) is 6.54 Å². The summed E-state index contributed by atoms with van der Waals surface area (Å²) in [4.78, 5) is 15.5. The Morgan fingerprint density at radius 2 is 2.33 bits per heavy atom. The Kier molecular flexibility index (Phi) is 5.03. The summed E-state index contributed by atoms with van der Waals surface area (Å²) in [7, 11) is 0. The monoisotopic (exact) mass is 308 g/mol. The van der Waals surface area contributed by atoms with E-state index in [2.05, 4.69) is 10.3 Å². The molecule has 0 aliphatic rings. The van der Waals surface area contributed by atoms with Crippen molar-refractivity contribution in [3.05, 3.63) is 52.2 Å². The molecule has 21 heavy (non-hydrogen) atoms. The average molecular weight is 308 g/mol. The number of nitrogens with zero attached hydrogens (tertiary/aromatic N) is 1. The molecule has 0 fully saturated rings. The number of aromatic nitrogens is 1. The second kappa shape index (κ2) is 6.78. The zero-order chi connectivity index (χ0) is 15.3. The van der Waals surface area contributed by atoms with Crippen molar-refractivity contribution < 1.29 is 14.3 Å². The molecule has 2 aromatic heterocycles. The molecule has 0 bridgehead atoms. The predicted molar refractivity (Wildman–Crippen MR) is 79.4 cm³/mol. The summed E-state index contributed by atoms with van der Waals surface area (Å²) < 4.78 is 13.0. The number of amides is 1. The fraction of sp³-hybridized carbons (Fsp3) is 0.333. The van der Waals surface area contributed by atoms with Crippen LogP contribution in [-0.4, -0.2) is 22.5 Å². The van der Waals surface area contributed by atoms with Crippen molar-refractivity contribution in [3.8, 4) is 0 Å². The molecule has 2 heterocycles. The van der Waals surface area contributed by atoms with E-state index in [4.69, 9.17) is 0 Å². The van der Waals surface area contributed by atoms with Gasteiger partial charge in [-0.2, -0.15) is 11.3 Å². The van der Waals surface area contributed by atoms with E-state index in [9.17, 15) is 14.3 Å². The zero-order valence-electron chi connectivity index (χ0n) is 11.7. The van der Waals surface area contributed by atoms with E-state index in [1.165, 1.54) is 23.6 Å². The Labute approximate surface area is 126 Å². The summed E-state index contributed by atoms with van der Waals surface area (Å²) in [6.07, 6.45) is 3.31. The van der Waals surface area contributed by atoms with Crippen molar-refractivity contribution >= 4 is 17.2 Å². The second-order valence-electron chi connectivity index (χ2n) is 5.07. The first-order valence-electron chi connectivity index (χ1n) is 6.58. The number of thiophene rings is 1. The van der Waals surface area contributed by atoms with Crippen LogP contribution in [-0.2, 0) is 16.8 Å². The van der Waals surface area contributed by atoms with E-state index >= 15 is 0 Å². The predicted octanol–water partition coefficient (Wildman–Crippen LogP) is 2.24. The number of nitrogens with one attached hydrogen (secondary N) is 1. The first-order chi connectivity index (χ1) is 9.97. The minimum atomic E-state index is -1.09. The number of carbonyl (C=O) groups excluding carboxylic acids is 1. The van der Waals surface area contributed by atoms with E-state index in [0.717, 1.165) is 11.8 Å². The van der Waals surface area contributed by atoms with Gasteiger partial charge in [-0.3, -0.25) is 9.78 Å². The molecule has 6 heteroatoms. The summed E-state index contributed by atoms with van der Waals surface area (Å²) in [5, 5.41) is 16.7. The zero-order valence-corrected chi connectivity index (χ0v) is 12.5. The van der Waals surface area contributed by atoms with Crippen molar-refractivity contribution in [3.63, 3.8) is 0 Å². The Bertz CT molecular complexity index is 599. The molecule has 112 valence electrons. The van der Waals surface area contributed by atoms with E-state index < -0.39 is 11.4 Å². The van der Waals surface area contributed by atoms with Crippen molar-refractivity contribution in [2.45, 2.75) is 25.4 Å². The van der Waals surface area contributed by atoms with E-state index in [0.29, 0.717) is 12.0 Å². The first kappa shape index (κ1) is 15.6. The van der Waals surface area contributed by atoms with Gasteiger partial charge in [-0.05, 0) is 47.4 Å². The number of hydrogen-bond acceptors (Lipinski definition) is 4. The number of hydrogen-bond donors (Lipinski definition) is 2. The number of aliphatic hydroxyl groups is 1. The van der Waals surface area contributed by atoms with Crippen LogP contribution < -0.4 is 5.32 Å². The highest BCUT2D eigenvalue weighted by Crippen LogP contribution is 2.22. The van der Waals surface area contributed by atoms with Gasteiger partial charge in [0, 0.05) is 12.6 Å². The molecule has 2 aromatic rings. The highest BCUT2D eigenvalue weighted by Gasteiger charge is 2.23. The van der Waals surface area contributed by atoms with Crippen LogP contribution >= 0.6 is 11.3 Å². The highest BCUT2D eigenvalue weighted by atomic mass is 32.1. The molecule has 2 rings (SSSR count). The van der Waals surface area contributed by atoms with Crippen LogP contribution in [0.5, 0.6) is 0 Å². The van der Waals surface area contributed by atoms with Crippen LogP contribution in [0.1, 0.15) is 24.5 Å². The van der Waals surface area contributed by atoms with Gasteiger partial charge in [0.25, 0.3) is 0 Å². The van der Waals surface area contributed by atoms with Gasteiger partial charge in [0.05, 0.1) is 12.7 Å². The van der Waals surface area contributed by atoms with Crippen molar-refractivity contribution in [1.82, 2.24) is 10.3 Å². The molecule has 0 radical (unpaired) electrons. The summed E-state index contributed by atoms with van der Waals surface area (Å²) in [5.41, 5.74) is 0.368. The van der Waals surface area contributed by atoms with Gasteiger partial charge in [-0.25, -0.2) is 4.39 Å². The number of halogens is 1. The Hall–Kier alpha value is -1.79. The molecule has 0 spiro atoms. The lowest BCUT2D eigenvalue weighted by Gasteiger charge is -2.22. The second-order valence-corrected chi connectivity index (χ2v) is 5.85. The van der Waals surface area contributed by atoms with Gasteiger partial charge < -0.3 is 10.4 Å². The quantitative estimate of drug-likeness (QED) is 0.860. The lowest BCUT2D eigenvalue weighted by atomic mass is 9.99. The Balaban J connectivity index is 1.80. The molecule has 1 atom stereocenters. The molecule has 0 aliphatic carbocycles. The maximum absolute atomic E-state index is 13.0. The van der Waals surface area contributed by atoms with Crippen LogP contribution in [0.2, 0.25) is 0 Å². The van der Waals surface area contributed by atoms with E-state index in [1.54, 1.807) is 6.92 Å². The molecule has 1 amide bonds. The van der Waals surface area contributed by atoms with Crippen LogP contribution in [0.25, 0.3) is 0 Å². The van der Waals surface area contributed by atoms with Gasteiger partial charge in [0.1, 0.15) is 11.4 Å². The number of pyridine rings is 1. The third kappa shape index (κ3) is 4.61. The highest BCUT2D eigenvalue weighted by molar-refractivity contribution is 7.08. The first-order valence-corrected chi connectivity index (χ1v) is 7.53. The van der Waals surface area contributed by atoms with E-state index in [1.807, 2.05) is 16.8 Å². The van der Waals surface area contributed by atoms with E-state index in [-0.39, 0.29) is 18.9 Å². The van der Waals surface area contributed by atoms with Crippen LogP contribution in [0.4, 0.5) is 4.39 Å². The SMILES string of the molecule is CC(O)(CNC(=O)CCc1cncc(F)c1)c1ccsc1. The molecular weight excluding hydrogens is 291 g/mol. The van der Waals surface area contributed by atoms with Crippen LogP contribution in [0, 0.1) is 5.82 Å². The summed E-state index contributed by atoms with van der Waals surface area (Å²) in [6.45, 7) is 1.80. The van der Waals surface area contributed by atoms with Gasteiger partial charge in [-0.15, -0.1) is 0 Å². The van der Waals surface area contributed by atoms with Gasteiger partial charge in [0.15, 0.2) is 0 Å². The number of rotatable bonds is 6. The molecule has 4 nitrogen and oxygen atoms in total. The molecule has 1 unspecified atom stereocenters. The topological polar surface area (TPSA) is 62.2 Å². The minimum absolute atomic E-state index is 0.143. The molecule has 0 saturated carbocycles. The largest absolute Gasteiger partial charge is 0.384 e. The lowest BCUT2D eigenvalue weighted by Crippen LogP contribution is -2.38. The number of aryl methyl sites for hydroxylation is 1. The molecule has 0 aliphatic heterocycles. The average Bonchev–Trinajstić information content (AvgIpc) is 2.98. The van der Waals surface area contributed by atoms with Gasteiger partial charge in [0.2, 0.25) is 5.91 Å². The summed E-state index contributed by atoms with van der Waals surface area (Å²) >= 11 is 1.49. The van der Waals surface area contributed by atoms with Crippen LogP contribution in [0.3, 0.4) is 0 Å².